The third-order valence-electron chi connectivity index (χ3n) is 4.70. The molecule has 0 saturated carbocycles. The van der Waals surface area contributed by atoms with Gasteiger partial charge in [-0.3, -0.25) is 0 Å². The lowest BCUT2D eigenvalue weighted by Crippen LogP contribution is -2.04. The SMILES string of the molecule is COc1cccc(-c2ccc(-c3cccc4c3Nc3ccccc3O4)nn2)c1. The zero-order chi connectivity index (χ0) is 18.9. The summed E-state index contributed by atoms with van der Waals surface area (Å²) < 4.78 is 11.3. The highest BCUT2D eigenvalue weighted by Crippen LogP contribution is 2.45. The number of ether oxygens (including phenoxy) is 2. The van der Waals surface area contributed by atoms with E-state index in [2.05, 4.69) is 15.5 Å². The van der Waals surface area contributed by atoms with E-state index in [1.165, 1.54) is 0 Å². The fourth-order valence-electron chi connectivity index (χ4n) is 3.28. The predicted octanol–water partition coefficient (Wildman–Crippen LogP) is 5.67. The van der Waals surface area contributed by atoms with Crippen LogP contribution in [0.5, 0.6) is 17.2 Å². The Hall–Kier alpha value is -3.86. The average Bonchev–Trinajstić information content (AvgIpc) is 2.77. The van der Waals surface area contributed by atoms with Gasteiger partial charge in [0.2, 0.25) is 0 Å². The molecule has 0 atom stereocenters. The van der Waals surface area contributed by atoms with Gasteiger partial charge in [-0.25, -0.2) is 0 Å². The Morgan fingerprint density at radius 2 is 1.57 bits per heavy atom. The highest BCUT2D eigenvalue weighted by Gasteiger charge is 2.20. The minimum Gasteiger partial charge on any atom is -0.497 e. The van der Waals surface area contributed by atoms with Crippen molar-refractivity contribution in [3.05, 3.63) is 78.9 Å². The van der Waals surface area contributed by atoms with Crippen LogP contribution in [0, 0.1) is 0 Å². The van der Waals surface area contributed by atoms with Crippen LogP contribution in [-0.4, -0.2) is 17.3 Å². The molecule has 5 rings (SSSR count). The van der Waals surface area contributed by atoms with Crippen LogP contribution in [0.2, 0.25) is 0 Å². The lowest BCUT2D eigenvalue weighted by Gasteiger charge is -2.23. The molecule has 0 unspecified atom stereocenters. The topological polar surface area (TPSA) is 56.3 Å². The molecule has 0 amide bonds. The smallest absolute Gasteiger partial charge is 0.151 e. The molecule has 0 spiro atoms. The van der Waals surface area contributed by atoms with E-state index in [-0.39, 0.29) is 0 Å². The van der Waals surface area contributed by atoms with Gasteiger partial charge in [0.05, 0.1) is 29.9 Å². The molecule has 2 heterocycles. The van der Waals surface area contributed by atoms with E-state index in [0.717, 1.165) is 51.1 Å². The normalized spacial score (nSPS) is 11.6. The van der Waals surface area contributed by atoms with Crippen LogP contribution < -0.4 is 14.8 Å². The Morgan fingerprint density at radius 1 is 0.786 bits per heavy atom. The standard InChI is InChI=1S/C23H17N3O2/c1-27-16-7-4-6-15(14-16)18-12-13-19(26-25-18)17-8-5-11-22-23(17)24-20-9-2-3-10-21(20)28-22/h2-14,24H,1H3. The van der Waals surface area contributed by atoms with Crippen molar-refractivity contribution in [3.8, 4) is 39.8 Å². The number of benzene rings is 3. The summed E-state index contributed by atoms with van der Waals surface area (Å²) in [6.45, 7) is 0. The van der Waals surface area contributed by atoms with E-state index in [9.17, 15) is 0 Å². The van der Waals surface area contributed by atoms with Gasteiger partial charge in [-0.15, -0.1) is 10.2 Å². The Balaban J connectivity index is 1.51. The summed E-state index contributed by atoms with van der Waals surface area (Å²) in [5.74, 6) is 2.38. The third-order valence-corrected chi connectivity index (χ3v) is 4.70. The van der Waals surface area contributed by atoms with Gasteiger partial charge in [-0.2, -0.15) is 0 Å². The van der Waals surface area contributed by atoms with Gasteiger partial charge in [-0.1, -0.05) is 36.4 Å². The number of rotatable bonds is 3. The second-order valence-electron chi connectivity index (χ2n) is 6.44. The number of hydrogen-bond acceptors (Lipinski definition) is 5. The molecule has 3 aromatic carbocycles. The molecule has 0 bridgehead atoms. The Bertz CT molecular complexity index is 1160. The summed E-state index contributed by atoms with van der Waals surface area (Å²) >= 11 is 0. The number of aromatic nitrogens is 2. The van der Waals surface area contributed by atoms with Crippen LogP contribution in [0.25, 0.3) is 22.5 Å². The molecule has 28 heavy (non-hydrogen) atoms. The first-order valence-corrected chi connectivity index (χ1v) is 8.97. The Kier molecular flexibility index (Phi) is 3.91. The molecular weight excluding hydrogens is 350 g/mol. The third kappa shape index (κ3) is 2.83. The second kappa shape index (κ2) is 6.70. The van der Waals surface area contributed by atoms with Gasteiger partial charge in [0.15, 0.2) is 11.5 Å². The molecule has 1 aliphatic rings. The summed E-state index contributed by atoms with van der Waals surface area (Å²) in [5, 5.41) is 12.3. The maximum absolute atomic E-state index is 6.03. The van der Waals surface area contributed by atoms with Crippen molar-refractivity contribution in [2.24, 2.45) is 0 Å². The largest absolute Gasteiger partial charge is 0.497 e. The van der Waals surface area contributed by atoms with Gasteiger partial charge in [0, 0.05) is 11.1 Å². The van der Waals surface area contributed by atoms with E-state index in [1.807, 2.05) is 78.9 Å². The number of anilines is 2. The number of nitrogens with zero attached hydrogens (tertiary/aromatic N) is 2. The van der Waals surface area contributed by atoms with Gasteiger partial charge in [0.1, 0.15) is 5.75 Å². The van der Waals surface area contributed by atoms with Gasteiger partial charge in [-0.05, 0) is 42.5 Å². The summed E-state index contributed by atoms with van der Waals surface area (Å²) in [6.07, 6.45) is 0. The van der Waals surface area contributed by atoms with Crippen LogP contribution in [0.15, 0.2) is 78.9 Å². The van der Waals surface area contributed by atoms with Crippen molar-refractivity contribution in [2.75, 3.05) is 12.4 Å². The maximum atomic E-state index is 6.03. The van der Waals surface area contributed by atoms with Crippen molar-refractivity contribution >= 4 is 11.4 Å². The van der Waals surface area contributed by atoms with Crippen LogP contribution in [0.4, 0.5) is 11.4 Å². The predicted molar refractivity (Wildman–Crippen MR) is 109 cm³/mol. The zero-order valence-corrected chi connectivity index (χ0v) is 15.2. The Morgan fingerprint density at radius 3 is 2.43 bits per heavy atom. The van der Waals surface area contributed by atoms with Crippen molar-refractivity contribution in [1.82, 2.24) is 10.2 Å². The molecule has 4 aromatic rings. The summed E-state index contributed by atoms with van der Waals surface area (Å²) in [4.78, 5) is 0. The van der Waals surface area contributed by atoms with E-state index in [0.29, 0.717) is 0 Å². The summed E-state index contributed by atoms with van der Waals surface area (Å²) in [6, 6.07) is 25.5. The molecule has 0 aliphatic carbocycles. The average molecular weight is 367 g/mol. The van der Waals surface area contributed by atoms with E-state index in [1.54, 1.807) is 7.11 Å². The van der Waals surface area contributed by atoms with Crippen molar-refractivity contribution in [1.29, 1.82) is 0 Å². The van der Waals surface area contributed by atoms with E-state index in [4.69, 9.17) is 9.47 Å². The number of methoxy groups -OCH3 is 1. The van der Waals surface area contributed by atoms with Crippen molar-refractivity contribution in [3.63, 3.8) is 0 Å². The zero-order valence-electron chi connectivity index (χ0n) is 15.2. The molecule has 0 fully saturated rings. The maximum Gasteiger partial charge on any atom is 0.151 e. The number of fused-ring (bicyclic) bond motifs is 2. The van der Waals surface area contributed by atoms with Crippen LogP contribution in [0.1, 0.15) is 0 Å². The first-order valence-electron chi connectivity index (χ1n) is 8.97. The molecule has 1 N–H and O–H groups in total. The van der Waals surface area contributed by atoms with Crippen LogP contribution in [-0.2, 0) is 0 Å². The van der Waals surface area contributed by atoms with Crippen LogP contribution >= 0.6 is 0 Å². The molecule has 136 valence electrons. The molecule has 0 saturated heterocycles. The first kappa shape index (κ1) is 16.3. The highest BCUT2D eigenvalue weighted by atomic mass is 16.5. The summed E-state index contributed by atoms with van der Waals surface area (Å²) in [5.41, 5.74) is 5.30. The number of hydrogen-bond donors (Lipinski definition) is 1. The minimum absolute atomic E-state index is 0.773. The molecule has 1 aliphatic heterocycles. The highest BCUT2D eigenvalue weighted by molar-refractivity contribution is 5.87. The number of para-hydroxylation sites is 3. The van der Waals surface area contributed by atoms with Crippen LogP contribution in [0.3, 0.4) is 0 Å². The van der Waals surface area contributed by atoms with E-state index < -0.39 is 0 Å². The molecule has 5 nitrogen and oxygen atoms in total. The fourth-order valence-corrected chi connectivity index (χ4v) is 3.28. The summed E-state index contributed by atoms with van der Waals surface area (Å²) in [7, 11) is 1.65. The van der Waals surface area contributed by atoms with E-state index >= 15 is 0 Å². The lowest BCUT2D eigenvalue weighted by atomic mass is 10.1. The lowest BCUT2D eigenvalue weighted by molar-refractivity contribution is 0.415. The quantitative estimate of drug-likeness (QED) is 0.445. The first-order chi connectivity index (χ1) is 13.8. The van der Waals surface area contributed by atoms with Gasteiger partial charge < -0.3 is 14.8 Å². The monoisotopic (exact) mass is 367 g/mol. The molecular formula is C23H17N3O2. The van der Waals surface area contributed by atoms with Gasteiger partial charge in [0.25, 0.3) is 0 Å². The van der Waals surface area contributed by atoms with Crippen molar-refractivity contribution < 1.29 is 9.47 Å². The Labute approximate surface area is 162 Å². The second-order valence-corrected chi connectivity index (χ2v) is 6.44. The fraction of sp³-hybridized carbons (Fsp3) is 0.0435. The van der Waals surface area contributed by atoms with Crippen molar-refractivity contribution in [2.45, 2.75) is 0 Å². The number of nitrogens with one attached hydrogen (secondary N) is 1. The molecule has 1 aromatic heterocycles. The van der Waals surface area contributed by atoms with Gasteiger partial charge >= 0.3 is 0 Å². The minimum atomic E-state index is 0.773. The molecule has 5 heteroatoms. The molecule has 0 radical (unpaired) electrons.